The van der Waals surface area contributed by atoms with Crippen LogP contribution in [0.4, 0.5) is 0 Å². The zero-order valence-corrected chi connectivity index (χ0v) is 48.5. The summed E-state index contributed by atoms with van der Waals surface area (Å²) in [5, 5.41) is 29.5. The van der Waals surface area contributed by atoms with Crippen molar-refractivity contribution in [1.82, 2.24) is 0 Å². The van der Waals surface area contributed by atoms with E-state index in [-0.39, 0.29) is 26.4 Å². The van der Waals surface area contributed by atoms with E-state index >= 15 is 0 Å². The van der Waals surface area contributed by atoms with E-state index in [1.165, 1.54) is 13.1 Å². The van der Waals surface area contributed by atoms with Crippen LogP contribution in [0, 0.1) is 0 Å². The molecule has 0 aliphatic rings. The lowest BCUT2D eigenvalue weighted by molar-refractivity contribution is 0.0635. The summed E-state index contributed by atoms with van der Waals surface area (Å²) in [4.78, 5) is 145. The molecule has 0 saturated carbocycles. The molecular formula is C10H38O25Si20. The van der Waals surface area contributed by atoms with E-state index in [1.54, 1.807) is 0 Å². The summed E-state index contributed by atoms with van der Waals surface area (Å²) in [6, 6.07) is -1.42. The van der Waals surface area contributed by atoms with Gasteiger partial charge in [0.1, 0.15) is 0 Å². The van der Waals surface area contributed by atoms with Crippen molar-refractivity contribution < 1.29 is 116 Å². The van der Waals surface area contributed by atoms with Crippen LogP contribution in [-0.4, -0.2) is 291 Å². The molecule has 1 atom stereocenters. The number of rotatable bonds is 36. The van der Waals surface area contributed by atoms with Crippen LogP contribution < -0.4 is 0 Å². The summed E-state index contributed by atoms with van der Waals surface area (Å²) in [6.07, 6.45) is 0. The van der Waals surface area contributed by atoms with Crippen molar-refractivity contribution in [2.75, 3.05) is 39.6 Å². The lowest BCUT2D eigenvalue weighted by Crippen LogP contribution is -3.07. The molecule has 16 N–H and O–H groups in total. The molecule has 0 rings (SSSR count). The van der Waals surface area contributed by atoms with Crippen molar-refractivity contribution in [2.24, 2.45) is 0 Å². The Balaban J connectivity index is 9.88. The van der Waals surface area contributed by atoms with Gasteiger partial charge in [0.05, 0.1) is 26.4 Å². The fourth-order valence-corrected chi connectivity index (χ4v) is 250. The van der Waals surface area contributed by atoms with Crippen LogP contribution in [0.5, 0.6) is 0 Å². The third-order valence-electron chi connectivity index (χ3n) is 6.88. The minimum atomic E-state index is -6.05. The van der Waals surface area contributed by atoms with Gasteiger partial charge in [-0.2, -0.15) is 0 Å². The van der Waals surface area contributed by atoms with Crippen LogP contribution in [0.1, 0.15) is 0 Å². The average Bonchev–Trinajstić information content (AvgIpc) is 3.16. The zero-order chi connectivity index (χ0) is 42.5. The van der Waals surface area contributed by atoms with Crippen LogP contribution >= 0.6 is 0 Å². The molecule has 25 nitrogen and oxygen atoms in total. The minimum Gasteiger partial charge on any atom is -0.435 e. The molecule has 0 aromatic heterocycles. The molecule has 0 aliphatic heterocycles. The summed E-state index contributed by atoms with van der Waals surface area (Å²) >= 11 is 0. The van der Waals surface area contributed by atoms with Gasteiger partial charge in [0.25, 0.3) is 32.3 Å². The molecule has 0 spiro atoms. The van der Waals surface area contributed by atoms with Gasteiger partial charge >= 0.3 is 72.3 Å². The molecule has 1 unspecified atom stereocenters. The molecule has 45 heteroatoms. The Morgan fingerprint density at radius 1 is 0.455 bits per heavy atom. The van der Waals surface area contributed by atoms with Crippen molar-refractivity contribution in [1.29, 1.82) is 0 Å². The number of ether oxygens (including phenoxy) is 1. The van der Waals surface area contributed by atoms with Gasteiger partial charge in [-0.25, -0.2) is 0 Å². The van der Waals surface area contributed by atoms with E-state index in [9.17, 15) is 72.6 Å². The Morgan fingerprint density at radius 3 is 1.22 bits per heavy atom. The predicted molar refractivity (Wildman–Crippen MR) is 211 cm³/mol. The van der Waals surface area contributed by atoms with Crippen molar-refractivity contribution in [2.45, 2.75) is 25.2 Å². The fourth-order valence-electron chi connectivity index (χ4n) is 4.72. The van der Waals surface area contributed by atoms with Crippen LogP contribution in [0.25, 0.3) is 0 Å². The third-order valence-corrected chi connectivity index (χ3v) is 152. The van der Waals surface area contributed by atoms with Crippen molar-refractivity contribution in [3.05, 3.63) is 0 Å². The topological polar surface area (TPSA) is 407 Å². The summed E-state index contributed by atoms with van der Waals surface area (Å²) in [7, 11) is -40.4. The summed E-state index contributed by atoms with van der Waals surface area (Å²) < 4.78 is 55.2. The first kappa shape index (κ1) is 58.3. The van der Waals surface area contributed by atoms with E-state index in [4.69, 9.17) is 43.1 Å². The smallest absolute Gasteiger partial charge is 0.420 e. The molecule has 0 fully saturated rings. The second-order valence-corrected chi connectivity index (χ2v) is 92.2. The molecule has 0 bridgehead atoms. The molecule has 0 aromatic carbocycles. The van der Waals surface area contributed by atoms with Crippen molar-refractivity contribution in [3.63, 3.8) is 0 Å². The second-order valence-electron chi connectivity index (χ2n) is 10.4. The Kier molecular flexibility index (Phi) is 29.9. The number of hydrogen-bond acceptors (Lipinski definition) is 25. The molecular weight excluding hydrogens is 1080 g/mol. The van der Waals surface area contributed by atoms with Crippen LogP contribution in [-0.2, 0) is 38.0 Å². The zero-order valence-electron chi connectivity index (χ0n) is 28.5. The Hall–Kier alpha value is 3.34. The highest BCUT2D eigenvalue weighted by Gasteiger charge is 2.92. The molecule has 24 radical (unpaired) electrons. The van der Waals surface area contributed by atoms with Crippen LogP contribution in [0.3, 0.4) is 0 Å². The number of aliphatic hydroxyl groups is 3. The third kappa shape index (κ3) is 13.7. The Labute approximate surface area is 352 Å². The maximum Gasteiger partial charge on any atom is 0.420 e. The molecule has 308 valence electrons. The van der Waals surface area contributed by atoms with Crippen LogP contribution in [0.15, 0.2) is 0 Å². The predicted octanol–water partition coefficient (Wildman–Crippen LogP) is -14.8. The summed E-state index contributed by atoms with van der Waals surface area (Å²) in [5.41, 5.74) is 0. The molecule has 0 saturated heterocycles. The lowest BCUT2D eigenvalue weighted by Gasteiger charge is -2.63. The lowest BCUT2D eigenvalue weighted by atomic mass is 10.7. The monoisotopic (exact) mass is 1120 g/mol. The first-order valence-electron chi connectivity index (χ1n) is 14.5. The van der Waals surface area contributed by atoms with Gasteiger partial charge < -0.3 is 116 Å². The highest BCUT2D eigenvalue weighted by Crippen LogP contribution is 2.46. The number of hydrogen-bond donors (Lipinski definition) is 16. The SMILES string of the molecule is C[Si](C)(OCCOCCO)O[Si](O[Si](O[Si]O)([Si]O)[Si]O)([Si](O[Si]O)([Si]O)[Si]O)[Si](O[Si](O)(CCO)CCO)([Si](O[Si]O)([Si]O)[Si]O)[Si](O[Si]O)([Si]O)[Si]O. The Bertz CT molecular complexity index is 987. The quantitative estimate of drug-likeness (QED) is 0.0205. The van der Waals surface area contributed by atoms with Gasteiger partial charge in [0.15, 0.2) is 0 Å². The second kappa shape index (κ2) is 28.2. The van der Waals surface area contributed by atoms with E-state index in [2.05, 4.69) is 0 Å². The van der Waals surface area contributed by atoms with Crippen molar-refractivity contribution in [3.8, 4) is 0 Å². The summed E-state index contributed by atoms with van der Waals surface area (Å²) in [6.45, 7) is -21.8. The van der Waals surface area contributed by atoms with Gasteiger partial charge in [-0.1, -0.05) is 0 Å². The molecule has 55 heavy (non-hydrogen) atoms. The maximum atomic E-state index is 12.4. The van der Waals surface area contributed by atoms with Gasteiger partial charge in [-0.15, -0.1) is 0 Å². The molecule has 0 amide bonds. The first-order chi connectivity index (χ1) is 26.0. The highest BCUT2D eigenvalue weighted by atomic mass is 30.4. The van der Waals surface area contributed by atoms with Crippen LogP contribution in [0.2, 0.25) is 25.2 Å². The summed E-state index contributed by atoms with van der Waals surface area (Å²) in [5.74, 6) is 0. The normalized spacial score (nSPS) is 15.2. The average molecular weight is 1120 g/mol. The van der Waals surface area contributed by atoms with Gasteiger partial charge in [0.2, 0.25) is 69.4 Å². The largest absolute Gasteiger partial charge is 0.435 e. The van der Waals surface area contributed by atoms with Crippen molar-refractivity contribution >= 4 is 174 Å². The minimum absolute atomic E-state index is 0.109. The first-order valence-corrected chi connectivity index (χ1v) is 53.8. The number of aliphatic hydroxyl groups excluding tert-OH is 3. The molecule has 0 aromatic rings. The molecule has 0 heterocycles. The molecule has 0 aliphatic carbocycles. The van der Waals surface area contributed by atoms with Gasteiger partial charge in [-0.3, -0.25) is 0 Å². The van der Waals surface area contributed by atoms with Gasteiger partial charge in [0, 0.05) is 25.3 Å². The highest BCUT2D eigenvalue weighted by molar-refractivity contribution is 8.15. The van der Waals surface area contributed by atoms with Gasteiger partial charge in [-0.05, 0) is 13.1 Å². The van der Waals surface area contributed by atoms with E-state index in [1.807, 2.05) is 0 Å². The standard InChI is InChI=1S/C10H38O25Si20/c1-48(2,28-8-7-27-6-3-11)33-51(52(42-20,43-21)30-37-15,35-50(40-18,41-19)29-36-14)55(53(44-22,45-23)31-38-16,54(46-24,47-25)32-39-17)34-49(26,9-4-12)10-5-13/h11-26H,3-10H2,1-2H3. The fraction of sp³-hybridized carbons (Fsp3) is 1.00. The maximum absolute atomic E-state index is 12.4. The van der Waals surface area contributed by atoms with E-state index < -0.39 is 199 Å². The van der Waals surface area contributed by atoms with E-state index in [0.717, 1.165) is 0 Å². The Morgan fingerprint density at radius 2 is 0.873 bits per heavy atom. The van der Waals surface area contributed by atoms with E-state index in [0.29, 0.717) is 0 Å².